The molecule has 2 aliphatic rings. The van der Waals surface area contributed by atoms with Gasteiger partial charge in [0.2, 0.25) is 0 Å². The number of aromatic nitrogens is 2. The third-order valence-electron chi connectivity index (χ3n) is 5.74. The zero-order valence-corrected chi connectivity index (χ0v) is 16.2. The Kier molecular flexibility index (Phi) is 5.44. The minimum absolute atomic E-state index is 0.0571. The maximum absolute atomic E-state index is 13.5. The summed E-state index contributed by atoms with van der Waals surface area (Å²) in [5.74, 6) is -0.795. The van der Waals surface area contributed by atoms with Crippen LogP contribution in [-0.4, -0.2) is 51.7 Å². The highest BCUT2D eigenvalue weighted by Gasteiger charge is 2.28. The van der Waals surface area contributed by atoms with E-state index < -0.39 is 11.6 Å². The van der Waals surface area contributed by atoms with Crippen molar-refractivity contribution in [2.45, 2.75) is 45.2 Å². The van der Waals surface area contributed by atoms with Gasteiger partial charge in [-0.05, 0) is 56.5 Å². The molecule has 3 heterocycles. The van der Waals surface area contributed by atoms with E-state index in [1.54, 1.807) is 0 Å². The zero-order chi connectivity index (χ0) is 19.7. The number of fused-ring (bicyclic) bond motifs is 1. The number of likely N-dealkylation sites (tertiary alicyclic amines) is 1. The van der Waals surface area contributed by atoms with E-state index in [-0.39, 0.29) is 11.8 Å². The summed E-state index contributed by atoms with van der Waals surface area (Å²) < 4.78 is 28.8. The summed E-state index contributed by atoms with van der Waals surface area (Å²) in [6, 6.07) is 5.64. The second-order valence-corrected chi connectivity index (χ2v) is 7.77. The Balaban J connectivity index is 1.49. The second-order valence-electron chi connectivity index (χ2n) is 7.77. The molecule has 5 nitrogen and oxygen atoms in total. The van der Waals surface area contributed by atoms with Crippen LogP contribution in [0.4, 0.5) is 8.78 Å². The van der Waals surface area contributed by atoms with Crippen LogP contribution in [0.25, 0.3) is 0 Å². The number of amides is 1. The molecule has 0 radical (unpaired) electrons. The van der Waals surface area contributed by atoms with Crippen LogP contribution in [0.2, 0.25) is 0 Å². The van der Waals surface area contributed by atoms with Gasteiger partial charge >= 0.3 is 0 Å². The van der Waals surface area contributed by atoms with Crippen molar-refractivity contribution in [1.82, 2.24) is 19.6 Å². The highest BCUT2D eigenvalue weighted by atomic mass is 19.1. The summed E-state index contributed by atoms with van der Waals surface area (Å²) in [7, 11) is 0. The van der Waals surface area contributed by atoms with Crippen molar-refractivity contribution < 1.29 is 13.6 Å². The summed E-state index contributed by atoms with van der Waals surface area (Å²) in [5, 5.41) is 4.75. The molecule has 1 fully saturated rings. The second kappa shape index (κ2) is 7.99. The van der Waals surface area contributed by atoms with E-state index in [9.17, 15) is 13.6 Å². The summed E-state index contributed by atoms with van der Waals surface area (Å²) in [5.41, 5.74) is 2.28. The predicted molar refractivity (Wildman–Crippen MR) is 102 cm³/mol. The van der Waals surface area contributed by atoms with Crippen LogP contribution in [0.5, 0.6) is 0 Å². The first-order valence-corrected chi connectivity index (χ1v) is 10.1. The lowest BCUT2D eigenvalue weighted by molar-refractivity contribution is 0.0766. The summed E-state index contributed by atoms with van der Waals surface area (Å²) >= 11 is 0. The fourth-order valence-corrected chi connectivity index (χ4v) is 4.36. The van der Waals surface area contributed by atoms with Gasteiger partial charge in [0.1, 0.15) is 17.3 Å². The van der Waals surface area contributed by atoms with Crippen molar-refractivity contribution in [3.8, 4) is 0 Å². The molecule has 4 rings (SSSR count). The number of nitrogens with zero attached hydrogens (tertiary/aromatic N) is 4. The molecule has 0 N–H and O–H groups in total. The minimum atomic E-state index is -0.541. The molecule has 28 heavy (non-hydrogen) atoms. The maximum atomic E-state index is 13.5. The van der Waals surface area contributed by atoms with Gasteiger partial charge in [-0.1, -0.05) is 0 Å². The molecule has 1 aromatic heterocycles. The molecule has 0 aliphatic carbocycles. The molecule has 0 bridgehead atoms. The standard InChI is InChI=1S/C21H26F2N4O/c1-2-26-7-4-8-27-20(21(26)28)12-19(24-27)16-5-3-6-25(14-16)13-15-9-17(22)11-18(23)10-15/h9-12,16H,2-8,13-14H2,1H3. The summed E-state index contributed by atoms with van der Waals surface area (Å²) in [6.45, 7) is 6.43. The monoisotopic (exact) mass is 388 g/mol. The molecular weight excluding hydrogens is 362 g/mol. The van der Waals surface area contributed by atoms with Gasteiger partial charge in [0.15, 0.2) is 0 Å². The van der Waals surface area contributed by atoms with Crippen LogP contribution in [0.15, 0.2) is 24.3 Å². The third kappa shape index (κ3) is 3.94. The third-order valence-corrected chi connectivity index (χ3v) is 5.74. The van der Waals surface area contributed by atoms with Crippen LogP contribution in [0, 0.1) is 11.6 Å². The molecule has 1 atom stereocenters. The van der Waals surface area contributed by atoms with Crippen molar-refractivity contribution in [3.63, 3.8) is 0 Å². The lowest BCUT2D eigenvalue weighted by Gasteiger charge is -2.32. The first-order valence-electron chi connectivity index (χ1n) is 10.1. The number of rotatable bonds is 4. The smallest absolute Gasteiger partial charge is 0.272 e. The molecular formula is C21H26F2N4O. The summed E-state index contributed by atoms with van der Waals surface area (Å²) in [4.78, 5) is 16.8. The average molecular weight is 388 g/mol. The molecule has 1 amide bonds. The van der Waals surface area contributed by atoms with Crippen LogP contribution in [0.3, 0.4) is 0 Å². The van der Waals surface area contributed by atoms with Crippen molar-refractivity contribution in [2.75, 3.05) is 26.2 Å². The Morgan fingerprint density at radius 2 is 1.86 bits per heavy atom. The Labute approximate surface area is 163 Å². The first kappa shape index (κ1) is 19.1. The normalized spacial score (nSPS) is 20.9. The number of aryl methyl sites for hydroxylation is 1. The van der Waals surface area contributed by atoms with Crippen LogP contribution < -0.4 is 0 Å². The Hall–Kier alpha value is -2.28. The number of hydrogen-bond donors (Lipinski definition) is 0. The zero-order valence-electron chi connectivity index (χ0n) is 16.2. The van der Waals surface area contributed by atoms with Crippen molar-refractivity contribution >= 4 is 5.91 Å². The number of halogens is 2. The van der Waals surface area contributed by atoms with Crippen LogP contribution in [0.1, 0.15) is 53.8 Å². The van der Waals surface area contributed by atoms with Gasteiger partial charge < -0.3 is 4.90 Å². The minimum Gasteiger partial charge on any atom is -0.338 e. The van der Waals surface area contributed by atoms with E-state index in [1.807, 2.05) is 22.6 Å². The van der Waals surface area contributed by atoms with E-state index in [2.05, 4.69) is 4.90 Å². The topological polar surface area (TPSA) is 41.4 Å². The number of benzene rings is 1. The van der Waals surface area contributed by atoms with Gasteiger partial charge in [0.05, 0.1) is 5.69 Å². The van der Waals surface area contributed by atoms with Gasteiger partial charge in [-0.3, -0.25) is 14.4 Å². The van der Waals surface area contributed by atoms with E-state index in [0.717, 1.165) is 57.2 Å². The highest BCUT2D eigenvalue weighted by molar-refractivity contribution is 5.93. The average Bonchev–Trinajstić information content (AvgIpc) is 3.02. The highest BCUT2D eigenvalue weighted by Crippen LogP contribution is 2.28. The molecule has 1 aromatic carbocycles. The quantitative estimate of drug-likeness (QED) is 0.806. The summed E-state index contributed by atoms with van der Waals surface area (Å²) in [6.07, 6.45) is 2.92. The van der Waals surface area contributed by atoms with Gasteiger partial charge in [0.25, 0.3) is 5.91 Å². The van der Waals surface area contributed by atoms with Gasteiger partial charge in [-0.25, -0.2) is 8.78 Å². The first-order chi connectivity index (χ1) is 13.5. The van der Waals surface area contributed by atoms with Crippen LogP contribution in [-0.2, 0) is 13.1 Å². The Bertz CT molecular complexity index is 846. The maximum Gasteiger partial charge on any atom is 0.272 e. The van der Waals surface area contributed by atoms with E-state index in [0.29, 0.717) is 24.3 Å². The lowest BCUT2D eigenvalue weighted by atomic mass is 9.94. The fourth-order valence-electron chi connectivity index (χ4n) is 4.36. The molecule has 2 aromatic rings. The number of carbonyl (C=O) groups is 1. The number of carbonyl (C=O) groups excluding carboxylic acids is 1. The molecule has 0 spiro atoms. The largest absolute Gasteiger partial charge is 0.338 e. The molecule has 1 saturated heterocycles. The van der Waals surface area contributed by atoms with Crippen molar-refractivity contribution in [1.29, 1.82) is 0 Å². The van der Waals surface area contributed by atoms with Gasteiger partial charge in [-0.15, -0.1) is 0 Å². The molecule has 1 unspecified atom stereocenters. The predicted octanol–water partition coefficient (Wildman–Crippen LogP) is 3.41. The molecule has 0 saturated carbocycles. The lowest BCUT2D eigenvalue weighted by Crippen LogP contribution is -2.34. The van der Waals surface area contributed by atoms with E-state index >= 15 is 0 Å². The fraction of sp³-hybridized carbons (Fsp3) is 0.524. The van der Waals surface area contributed by atoms with Gasteiger partial charge in [-0.2, -0.15) is 5.10 Å². The van der Waals surface area contributed by atoms with E-state index in [4.69, 9.17) is 5.10 Å². The van der Waals surface area contributed by atoms with Crippen LogP contribution >= 0.6 is 0 Å². The number of piperidine rings is 1. The molecule has 2 aliphatic heterocycles. The van der Waals surface area contributed by atoms with Gasteiger partial charge in [0, 0.05) is 44.7 Å². The van der Waals surface area contributed by atoms with Crippen molar-refractivity contribution in [2.24, 2.45) is 0 Å². The number of hydrogen-bond acceptors (Lipinski definition) is 3. The van der Waals surface area contributed by atoms with Crippen molar-refractivity contribution in [3.05, 3.63) is 52.9 Å². The van der Waals surface area contributed by atoms with E-state index in [1.165, 1.54) is 12.1 Å². The Morgan fingerprint density at radius 1 is 1.07 bits per heavy atom. The molecule has 7 heteroatoms. The SMILES string of the molecule is CCN1CCCn2nc(C3CCCN(Cc4cc(F)cc(F)c4)C3)cc2C1=O. The Morgan fingerprint density at radius 3 is 2.61 bits per heavy atom. The molecule has 150 valence electrons.